The van der Waals surface area contributed by atoms with Gasteiger partial charge in [-0.05, 0) is 12.1 Å². The highest BCUT2D eigenvalue weighted by Gasteiger charge is 2.28. The van der Waals surface area contributed by atoms with Gasteiger partial charge < -0.3 is 9.80 Å². The van der Waals surface area contributed by atoms with Gasteiger partial charge in [-0.2, -0.15) is 0 Å². The van der Waals surface area contributed by atoms with E-state index in [-0.39, 0.29) is 0 Å². The van der Waals surface area contributed by atoms with E-state index in [9.17, 15) is 9.59 Å². The number of anilines is 2. The molecule has 2 aliphatic heterocycles. The van der Waals surface area contributed by atoms with Crippen LogP contribution in [0.1, 0.15) is 5.56 Å². The smallest absolute Gasteiger partial charge is 0.218 e. The highest BCUT2D eigenvalue weighted by atomic mass is 32.1. The first-order chi connectivity index (χ1) is 11.8. The Hall–Kier alpha value is -2.67. The van der Waals surface area contributed by atoms with Crippen LogP contribution in [0.3, 0.4) is 0 Å². The Morgan fingerprint density at radius 3 is 2.50 bits per heavy atom. The highest BCUT2D eigenvalue weighted by Crippen LogP contribution is 2.40. The van der Waals surface area contributed by atoms with Crippen molar-refractivity contribution in [2.24, 2.45) is 4.99 Å². The van der Waals surface area contributed by atoms with Gasteiger partial charge >= 0.3 is 0 Å². The van der Waals surface area contributed by atoms with Crippen LogP contribution in [0.2, 0.25) is 0 Å². The molecule has 0 aliphatic carbocycles. The number of carbonyl (C=O) groups excluding carboxylic acids is 2. The molecule has 0 saturated carbocycles. The van der Waals surface area contributed by atoms with Crippen LogP contribution in [0.4, 0.5) is 17.1 Å². The van der Waals surface area contributed by atoms with Gasteiger partial charge in [0.05, 0.1) is 22.6 Å². The lowest BCUT2D eigenvalue weighted by Crippen LogP contribution is -2.48. The molecule has 4 rings (SSSR count). The van der Waals surface area contributed by atoms with Crippen LogP contribution >= 0.6 is 11.3 Å². The standard InChI is InChI=1S/C17H16N4O2S/c22-11-19-5-7-20(8-6-19)17-13-9-24-10-16(13)21(12-23)15-4-2-1-3-14(15)18-17/h1-4,9-12H,5-8H2. The summed E-state index contributed by atoms with van der Waals surface area (Å²) in [5.41, 5.74) is 3.38. The van der Waals surface area contributed by atoms with Crippen molar-refractivity contribution in [2.45, 2.75) is 0 Å². The lowest BCUT2D eigenvalue weighted by molar-refractivity contribution is -0.119. The van der Waals surface area contributed by atoms with Gasteiger partial charge in [-0.15, -0.1) is 11.3 Å². The molecular formula is C17H16N4O2S. The van der Waals surface area contributed by atoms with Gasteiger partial charge in [0.1, 0.15) is 5.84 Å². The zero-order valence-corrected chi connectivity index (χ0v) is 13.8. The fourth-order valence-electron chi connectivity index (χ4n) is 3.10. The molecule has 2 aromatic rings. The van der Waals surface area contributed by atoms with Crippen molar-refractivity contribution >= 4 is 47.1 Å². The van der Waals surface area contributed by atoms with Gasteiger partial charge in [0.15, 0.2) is 0 Å². The second kappa shape index (κ2) is 6.09. The fourth-order valence-corrected chi connectivity index (χ4v) is 3.90. The van der Waals surface area contributed by atoms with Crippen LogP contribution in [0.5, 0.6) is 0 Å². The number of benzene rings is 1. The average Bonchev–Trinajstić information content (AvgIpc) is 3.06. The summed E-state index contributed by atoms with van der Waals surface area (Å²) in [5, 5.41) is 4.01. The number of aliphatic imine (C=N–C) groups is 1. The monoisotopic (exact) mass is 340 g/mol. The van der Waals surface area contributed by atoms with Gasteiger partial charge in [0, 0.05) is 36.9 Å². The summed E-state index contributed by atoms with van der Waals surface area (Å²) in [6, 6.07) is 7.65. The van der Waals surface area contributed by atoms with Crippen molar-refractivity contribution in [3.05, 3.63) is 40.6 Å². The predicted octanol–water partition coefficient (Wildman–Crippen LogP) is 2.21. The van der Waals surface area contributed by atoms with Gasteiger partial charge in [0.2, 0.25) is 12.8 Å². The van der Waals surface area contributed by atoms with Crippen LogP contribution in [0.25, 0.3) is 0 Å². The van der Waals surface area contributed by atoms with Crippen LogP contribution in [-0.4, -0.2) is 54.6 Å². The van der Waals surface area contributed by atoms with E-state index in [0.717, 1.165) is 54.4 Å². The summed E-state index contributed by atoms with van der Waals surface area (Å²) in [6.45, 7) is 2.83. The summed E-state index contributed by atoms with van der Waals surface area (Å²) < 4.78 is 0. The lowest BCUT2D eigenvalue weighted by atomic mass is 10.2. The number of rotatable bonds is 2. The van der Waals surface area contributed by atoms with E-state index < -0.39 is 0 Å². The Labute approximate surface area is 143 Å². The van der Waals surface area contributed by atoms with Crippen molar-refractivity contribution < 1.29 is 9.59 Å². The first-order valence-electron chi connectivity index (χ1n) is 7.75. The third-order valence-electron chi connectivity index (χ3n) is 4.38. The van der Waals surface area contributed by atoms with E-state index in [4.69, 9.17) is 4.99 Å². The number of carbonyl (C=O) groups is 2. The molecule has 0 unspecified atom stereocenters. The number of amidine groups is 1. The predicted molar refractivity (Wildman–Crippen MR) is 94.4 cm³/mol. The summed E-state index contributed by atoms with van der Waals surface area (Å²) in [5.74, 6) is 0.869. The summed E-state index contributed by atoms with van der Waals surface area (Å²) in [4.78, 5) is 33.1. The van der Waals surface area contributed by atoms with Crippen LogP contribution in [0.15, 0.2) is 40.0 Å². The first kappa shape index (κ1) is 14.9. The number of fused-ring (bicyclic) bond motifs is 2. The Bertz CT molecular complexity index is 808. The number of thiophene rings is 1. The number of piperazine rings is 1. The summed E-state index contributed by atoms with van der Waals surface area (Å²) in [6.07, 6.45) is 1.73. The number of hydrogen-bond donors (Lipinski definition) is 0. The van der Waals surface area contributed by atoms with Crippen molar-refractivity contribution in [2.75, 3.05) is 31.1 Å². The Kier molecular flexibility index (Phi) is 3.78. The molecule has 0 atom stereocenters. The molecule has 0 spiro atoms. The molecule has 6 nitrogen and oxygen atoms in total. The van der Waals surface area contributed by atoms with Gasteiger partial charge in [-0.1, -0.05) is 12.1 Å². The van der Waals surface area contributed by atoms with E-state index in [1.807, 2.05) is 35.0 Å². The minimum atomic E-state index is 0.682. The largest absolute Gasteiger partial charge is 0.352 e. The Morgan fingerprint density at radius 2 is 1.75 bits per heavy atom. The molecule has 0 N–H and O–H groups in total. The molecule has 2 amide bonds. The van der Waals surface area contributed by atoms with Crippen molar-refractivity contribution in [1.29, 1.82) is 0 Å². The normalized spacial score (nSPS) is 16.8. The van der Waals surface area contributed by atoms with E-state index in [1.54, 1.807) is 21.1 Å². The maximum Gasteiger partial charge on any atom is 0.218 e. The molecule has 0 radical (unpaired) electrons. The van der Waals surface area contributed by atoms with Gasteiger partial charge in [-0.3, -0.25) is 14.5 Å². The van der Waals surface area contributed by atoms with Crippen molar-refractivity contribution in [3.63, 3.8) is 0 Å². The van der Waals surface area contributed by atoms with Crippen LogP contribution in [-0.2, 0) is 9.59 Å². The summed E-state index contributed by atoms with van der Waals surface area (Å²) >= 11 is 1.56. The number of amides is 2. The molecule has 2 aliphatic rings. The first-order valence-corrected chi connectivity index (χ1v) is 8.69. The van der Waals surface area contributed by atoms with Gasteiger partial charge in [0.25, 0.3) is 0 Å². The minimum absolute atomic E-state index is 0.682. The third-order valence-corrected chi connectivity index (χ3v) is 5.11. The second-order valence-corrected chi connectivity index (χ2v) is 6.44. The Morgan fingerprint density at radius 1 is 0.958 bits per heavy atom. The van der Waals surface area contributed by atoms with Crippen molar-refractivity contribution in [3.8, 4) is 0 Å². The zero-order chi connectivity index (χ0) is 16.5. The lowest BCUT2D eigenvalue weighted by Gasteiger charge is -2.34. The Balaban J connectivity index is 1.80. The van der Waals surface area contributed by atoms with Crippen LogP contribution < -0.4 is 4.90 Å². The maximum absolute atomic E-state index is 11.7. The molecule has 1 fully saturated rings. The van der Waals surface area contributed by atoms with Crippen molar-refractivity contribution in [1.82, 2.24) is 9.80 Å². The third kappa shape index (κ3) is 2.37. The van der Waals surface area contributed by atoms with E-state index in [0.29, 0.717) is 13.1 Å². The molecular weight excluding hydrogens is 324 g/mol. The molecule has 7 heteroatoms. The van der Waals surface area contributed by atoms with E-state index in [1.165, 1.54) is 0 Å². The molecule has 1 aromatic carbocycles. The average molecular weight is 340 g/mol. The molecule has 24 heavy (non-hydrogen) atoms. The fraction of sp³-hybridized carbons (Fsp3) is 0.235. The minimum Gasteiger partial charge on any atom is -0.352 e. The van der Waals surface area contributed by atoms with E-state index >= 15 is 0 Å². The molecule has 3 heterocycles. The molecule has 122 valence electrons. The molecule has 1 aromatic heterocycles. The SMILES string of the molecule is O=CN1CCN(C2=Nc3ccccc3N(C=O)c3cscc32)CC1. The quantitative estimate of drug-likeness (QED) is 0.788. The number of para-hydroxylation sites is 2. The van der Waals surface area contributed by atoms with Gasteiger partial charge in [-0.25, -0.2) is 4.99 Å². The molecule has 0 bridgehead atoms. The second-order valence-electron chi connectivity index (χ2n) is 5.70. The summed E-state index contributed by atoms with van der Waals surface area (Å²) in [7, 11) is 0. The van der Waals surface area contributed by atoms with E-state index in [2.05, 4.69) is 4.90 Å². The number of nitrogens with zero attached hydrogens (tertiary/aromatic N) is 4. The number of hydrogen-bond acceptors (Lipinski definition) is 5. The molecule has 1 saturated heterocycles. The topological polar surface area (TPSA) is 56.2 Å². The zero-order valence-electron chi connectivity index (χ0n) is 13.0. The highest BCUT2D eigenvalue weighted by molar-refractivity contribution is 7.08. The maximum atomic E-state index is 11.7. The van der Waals surface area contributed by atoms with Crippen LogP contribution in [0, 0.1) is 0 Å².